The van der Waals surface area contributed by atoms with Gasteiger partial charge in [0, 0.05) is 49.5 Å². The van der Waals surface area contributed by atoms with Crippen molar-refractivity contribution in [2.75, 3.05) is 24.5 Å². The number of amides is 1. The van der Waals surface area contributed by atoms with Crippen molar-refractivity contribution in [2.24, 2.45) is 5.92 Å². The third kappa shape index (κ3) is 5.10. The van der Waals surface area contributed by atoms with Crippen molar-refractivity contribution < 1.29 is 4.79 Å². The maximum Gasteiger partial charge on any atom is 0.226 e. The highest BCUT2D eigenvalue weighted by Gasteiger charge is 2.31. The molecule has 2 aromatic rings. The lowest BCUT2D eigenvalue weighted by molar-refractivity contribution is -0.138. The average Bonchev–Trinajstić information content (AvgIpc) is 3.17. The second kappa shape index (κ2) is 10.0. The molecular formula is C22H32N4OS. The van der Waals surface area contributed by atoms with Crippen LogP contribution in [0.15, 0.2) is 30.3 Å². The van der Waals surface area contributed by atoms with Crippen LogP contribution in [0.1, 0.15) is 57.8 Å². The van der Waals surface area contributed by atoms with Gasteiger partial charge in [-0.15, -0.1) is 0 Å². The zero-order chi connectivity index (χ0) is 19.9. The van der Waals surface area contributed by atoms with Crippen LogP contribution in [-0.4, -0.2) is 45.8 Å². The largest absolute Gasteiger partial charge is 0.343 e. The van der Waals surface area contributed by atoms with E-state index in [1.54, 1.807) is 0 Å². The molecule has 28 heavy (non-hydrogen) atoms. The minimum Gasteiger partial charge on any atom is -0.343 e. The van der Waals surface area contributed by atoms with Gasteiger partial charge in [-0.25, -0.2) is 4.98 Å². The SMILES string of the molecule is CCCC[C@@H](CC)C(=O)N1CCN(c2nc(Cc3ccccc3)ns2)C[C@@H]1C. The van der Waals surface area contributed by atoms with Gasteiger partial charge in [-0.1, -0.05) is 57.0 Å². The molecule has 0 spiro atoms. The number of unbranched alkanes of at least 4 members (excludes halogenated alkanes) is 1. The number of nitrogens with zero attached hydrogens (tertiary/aromatic N) is 4. The number of carbonyl (C=O) groups is 1. The van der Waals surface area contributed by atoms with Crippen LogP contribution in [0, 0.1) is 5.92 Å². The smallest absolute Gasteiger partial charge is 0.226 e. The molecule has 1 fully saturated rings. The van der Waals surface area contributed by atoms with Crippen LogP contribution in [0.3, 0.4) is 0 Å². The van der Waals surface area contributed by atoms with E-state index in [0.717, 1.165) is 62.7 Å². The molecule has 0 bridgehead atoms. The predicted molar refractivity (Wildman–Crippen MR) is 116 cm³/mol. The maximum atomic E-state index is 13.0. The molecule has 1 saturated heterocycles. The Bertz CT molecular complexity index is 748. The van der Waals surface area contributed by atoms with Gasteiger partial charge in [0.1, 0.15) is 5.82 Å². The van der Waals surface area contributed by atoms with Crippen LogP contribution in [0.5, 0.6) is 0 Å². The highest BCUT2D eigenvalue weighted by molar-refractivity contribution is 7.09. The Kier molecular flexibility index (Phi) is 7.43. The second-order valence-corrected chi connectivity index (χ2v) is 8.46. The van der Waals surface area contributed by atoms with Gasteiger partial charge in [-0.05, 0) is 25.3 Å². The van der Waals surface area contributed by atoms with Gasteiger partial charge >= 0.3 is 0 Å². The van der Waals surface area contributed by atoms with Crippen LogP contribution in [0.25, 0.3) is 0 Å². The van der Waals surface area contributed by atoms with Crippen LogP contribution in [-0.2, 0) is 11.2 Å². The molecule has 6 heteroatoms. The first kappa shape index (κ1) is 20.8. The Labute approximate surface area is 172 Å². The molecule has 152 valence electrons. The lowest BCUT2D eigenvalue weighted by Gasteiger charge is -2.41. The number of carbonyl (C=O) groups excluding carboxylic acids is 1. The molecule has 2 heterocycles. The number of benzene rings is 1. The lowest BCUT2D eigenvalue weighted by Crippen LogP contribution is -2.55. The third-order valence-corrected chi connectivity index (χ3v) is 6.41. The van der Waals surface area contributed by atoms with Crippen molar-refractivity contribution in [3.8, 4) is 0 Å². The van der Waals surface area contributed by atoms with E-state index in [1.807, 2.05) is 18.2 Å². The van der Waals surface area contributed by atoms with Crippen molar-refractivity contribution in [1.29, 1.82) is 0 Å². The van der Waals surface area contributed by atoms with Gasteiger partial charge < -0.3 is 9.80 Å². The monoisotopic (exact) mass is 400 g/mol. The van der Waals surface area contributed by atoms with Gasteiger partial charge in [-0.2, -0.15) is 4.37 Å². The van der Waals surface area contributed by atoms with E-state index < -0.39 is 0 Å². The van der Waals surface area contributed by atoms with Crippen molar-refractivity contribution in [3.05, 3.63) is 41.7 Å². The molecule has 1 aliphatic rings. The molecule has 0 unspecified atom stereocenters. The first-order valence-electron chi connectivity index (χ1n) is 10.5. The Morgan fingerprint density at radius 3 is 2.71 bits per heavy atom. The van der Waals surface area contributed by atoms with Crippen molar-refractivity contribution >= 4 is 22.6 Å². The molecular weight excluding hydrogens is 368 g/mol. The van der Waals surface area contributed by atoms with E-state index in [-0.39, 0.29) is 12.0 Å². The summed E-state index contributed by atoms with van der Waals surface area (Å²) in [5.41, 5.74) is 1.23. The molecule has 1 amide bonds. The van der Waals surface area contributed by atoms with Gasteiger partial charge in [0.15, 0.2) is 0 Å². The Morgan fingerprint density at radius 2 is 2.04 bits per heavy atom. The van der Waals surface area contributed by atoms with Crippen LogP contribution >= 0.6 is 11.5 Å². The standard InChI is InChI=1S/C22H32N4OS/c1-4-6-12-19(5-2)21(27)26-14-13-25(16-17(26)3)22-23-20(24-28-22)15-18-10-8-7-9-11-18/h7-11,17,19H,4-6,12-16H2,1-3H3/t17-,19+/m0/s1. The predicted octanol–water partition coefficient (Wildman–Crippen LogP) is 4.38. The summed E-state index contributed by atoms with van der Waals surface area (Å²) in [5.74, 6) is 1.39. The second-order valence-electron chi connectivity index (χ2n) is 7.73. The molecule has 2 atom stereocenters. The number of rotatable bonds is 8. The quantitative estimate of drug-likeness (QED) is 0.660. The summed E-state index contributed by atoms with van der Waals surface area (Å²) < 4.78 is 4.55. The number of piperazine rings is 1. The Morgan fingerprint density at radius 1 is 1.25 bits per heavy atom. The fourth-order valence-corrected chi connectivity index (χ4v) is 4.59. The topological polar surface area (TPSA) is 49.3 Å². The van der Waals surface area contributed by atoms with E-state index in [9.17, 15) is 4.79 Å². The third-order valence-electron chi connectivity index (χ3n) is 5.59. The van der Waals surface area contributed by atoms with Gasteiger partial charge in [-0.3, -0.25) is 4.79 Å². The first-order chi connectivity index (χ1) is 13.6. The molecule has 1 aliphatic heterocycles. The maximum absolute atomic E-state index is 13.0. The van der Waals surface area contributed by atoms with Crippen LogP contribution < -0.4 is 4.90 Å². The highest BCUT2D eigenvalue weighted by atomic mass is 32.1. The van der Waals surface area contributed by atoms with Crippen LogP contribution in [0.2, 0.25) is 0 Å². The number of anilines is 1. The number of hydrogen-bond donors (Lipinski definition) is 0. The fourth-order valence-electron chi connectivity index (χ4n) is 3.87. The fraction of sp³-hybridized carbons (Fsp3) is 0.591. The summed E-state index contributed by atoms with van der Waals surface area (Å²) in [6.07, 6.45) is 4.99. The first-order valence-corrected chi connectivity index (χ1v) is 11.3. The molecule has 0 aliphatic carbocycles. The Balaban J connectivity index is 1.58. The van der Waals surface area contributed by atoms with E-state index in [4.69, 9.17) is 4.98 Å². The molecule has 0 saturated carbocycles. The normalized spacial score (nSPS) is 18.3. The number of aromatic nitrogens is 2. The Hall–Kier alpha value is -1.95. The average molecular weight is 401 g/mol. The minimum absolute atomic E-state index is 0.174. The summed E-state index contributed by atoms with van der Waals surface area (Å²) in [5, 5.41) is 0.975. The molecule has 1 aromatic carbocycles. The summed E-state index contributed by atoms with van der Waals surface area (Å²) >= 11 is 1.47. The molecule has 0 radical (unpaired) electrons. The minimum atomic E-state index is 0.174. The van der Waals surface area contributed by atoms with Gasteiger partial charge in [0.25, 0.3) is 0 Å². The van der Waals surface area contributed by atoms with Crippen molar-refractivity contribution in [3.63, 3.8) is 0 Å². The lowest BCUT2D eigenvalue weighted by atomic mass is 9.96. The molecule has 1 aromatic heterocycles. The zero-order valence-electron chi connectivity index (χ0n) is 17.3. The van der Waals surface area contributed by atoms with Crippen molar-refractivity contribution in [2.45, 2.75) is 58.9 Å². The van der Waals surface area contributed by atoms with Crippen molar-refractivity contribution in [1.82, 2.24) is 14.3 Å². The van der Waals surface area contributed by atoms with Crippen LogP contribution in [0.4, 0.5) is 5.13 Å². The zero-order valence-corrected chi connectivity index (χ0v) is 18.1. The van der Waals surface area contributed by atoms with E-state index in [2.05, 4.69) is 47.1 Å². The van der Waals surface area contributed by atoms with E-state index >= 15 is 0 Å². The molecule has 5 nitrogen and oxygen atoms in total. The molecule has 3 rings (SSSR count). The van der Waals surface area contributed by atoms with E-state index in [1.165, 1.54) is 17.1 Å². The number of hydrogen-bond acceptors (Lipinski definition) is 5. The van der Waals surface area contributed by atoms with E-state index in [0.29, 0.717) is 5.91 Å². The van der Waals surface area contributed by atoms with Gasteiger partial charge in [0.05, 0.1) is 0 Å². The summed E-state index contributed by atoms with van der Waals surface area (Å²) in [4.78, 5) is 22.1. The molecule has 0 N–H and O–H groups in total. The summed E-state index contributed by atoms with van der Waals surface area (Å²) in [6, 6.07) is 10.5. The summed E-state index contributed by atoms with van der Waals surface area (Å²) in [7, 11) is 0. The highest BCUT2D eigenvalue weighted by Crippen LogP contribution is 2.25. The van der Waals surface area contributed by atoms with Gasteiger partial charge in [0.2, 0.25) is 11.0 Å². The summed E-state index contributed by atoms with van der Waals surface area (Å²) in [6.45, 7) is 8.91.